The van der Waals surface area contributed by atoms with Crippen molar-refractivity contribution in [1.82, 2.24) is 0 Å². The Balaban J connectivity index is 2.70. The van der Waals surface area contributed by atoms with Crippen molar-refractivity contribution < 1.29 is 14.3 Å². The third-order valence-electron chi connectivity index (χ3n) is 2.02. The molecule has 17 heavy (non-hydrogen) atoms. The summed E-state index contributed by atoms with van der Waals surface area (Å²) in [6, 6.07) is 3.82. The summed E-state index contributed by atoms with van der Waals surface area (Å²) in [5.74, 6) is -0.315. The summed E-state index contributed by atoms with van der Waals surface area (Å²) in [5, 5.41) is 8.81. The molecule has 1 rings (SSSR count). The first-order chi connectivity index (χ1) is 7.79. The number of aromatic carboxylic acids is 1. The summed E-state index contributed by atoms with van der Waals surface area (Å²) in [6.07, 6.45) is 0. The molecule has 0 aliphatic heterocycles. The average Bonchev–Trinajstić information content (AvgIpc) is 2.18. The third kappa shape index (κ3) is 4.75. The number of rotatable bonds is 5. The van der Waals surface area contributed by atoms with Gasteiger partial charge in [0.05, 0.1) is 5.56 Å². The first kappa shape index (κ1) is 14.0. The molecule has 0 aliphatic carbocycles. The highest BCUT2D eigenvalue weighted by Crippen LogP contribution is 2.20. The lowest BCUT2D eigenvalue weighted by atomic mass is 10.1. The van der Waals surface area contributed by atoms with Crippen LogP contribution in [0.4, 0.5) is 4.39 Å². The van der Waals surface area contributed by atoms with Gasteiger partial charge in [0.2, 0.25) is 0 Å². The molecule has 94 valence electrons. The van der Waals surface area contributed by atoms with Crippen LogP contribution in [0.1, 0.15) is 29.8 Å². The van der Waals surface area contributed by atoms with Crippen molar-refractivity contribution in [2.24, 2.45) is 5.73 Å². The van der Waals surface area contributed by atoms with Crippen LogP contribution in [0.2, 0.25) is 0 Å². The Morgan fingerprint density at radius 1 is 1.53 bits per heavy atom. The zero-order valence-electron chi connectivity index (χ0n) is 9.87. The van der Waals surface area contributed by atoms with Crippen molar-refractivity contribution in [2.75, 3.05) is 5.75 Å². The smallest absolute Gasteiger partial charge is 0.335 e. The summed E-state index contributed by atoms with van der Waals surface area (Å²) in [6.45, 7) is 3.79. The highest BCUT2D eigenvalue weighted by Gasteiger charge is 2.12. The molecule has 0 radical (unpaired) electrons. The van der Waals surface area contributed by atoms with Crippen molar-refractivity contribution in [1.29, 1.82) is 0 Å². The maximum absolute atomic E-state index is 13.4. The van der Waals surface area contributed by atoms with Gasteiger partial charge in [-0.3, -0.25) is 0 Å². The molecule has 1 aromatic rings. The van der Waals surface area contributed by atoms with Gasteiger partial charge >= 0.3 is 5.97 Å². The third-order valence-corrected chi connectivity index (χ3v) is 3.49. The van der Waals surface area contributed by atoms with E-state index in [4.69, 9.17) is 10.8 Å². The maximum Gasteiger partial charge on any atom is 0.335 e. The number of hydrogen-bond acceptors (Lipinski definition) is 3. The molecule has 5 heteroatoms. The minimum Gasteiger partial charge on any atom is -0.478 e. The molecule has 0 saturated heterocycles. The van der Waals surface area contributed by atoms with Crippen LogP contribution in [0.25, 0.3) is 0 Å². The van der Waals surface area contributed by atoms with E-state index in [-0.39, 0.29) is 16.9 Å². The van der Waals surface area contributed by atoms with Crippen molar-refractivity contribution >= 4 is 17.7 Å². The minimum absolute atomic E-state index is 0.106. The SMILES string of the molecule is CC(C)(N)CSCc1cc(C(=O)O)ccc1F. The van der Waals surface area contributed by atoms with Gasteiger partial charge in [0.1, 0.15) is 5.82 Å². The van der Waals surface area contributed by atoms with E-state index in [2.05, 4.69) is 0 Å². The molecule has 3 nitrogen and oxygen atoms in total. The monoisotopic (exact) mass is 257 g/mol. The summed E-state index contributed by atoms with van der Waals surface area (Å²) in [7, 11) is 0. The van der Waals surface area contributed by atoms with Crippen LogP contribution in [-0.2, 0) is 5.75 Å². The number of carboxylic acid groups (broad SMARTS) is 1. The predicted octanol–water partition coefficient (Wildman–Crippen LogP) is 2.49. The van der Waals surface area contributed by atoms with Crippen molar-refractivity contribution in [2.45, 2.75) is 25.1 Å². The Labute approximate surface area is 104 Å². The fourth-order valence-corrected chi connectivity index (χ4v) is 2.31. The predicted molar refractivity (Wildman–Crippen MR) is 67.8 cm³/mol. The number of halogens is 1. The fourth-order valence-electron chi connectivity index (χ4n) is 1.24. The first-order valence-electron chi connectivity index (χ1n) is 5.18. The second kappa shape index (κ2) is 5.51. The normalized spacial score (nSPS) is 11.5. The van der Waals surface area contributed by atoms with E-state index in [0.717, 1.165) is 0 Å². The lowest BCUT2D eigenvalue weighted by molar-refractivity contribution is 0.0696. The molecular weight excluding hydrogens is 241 g/mol. The number of benzene rings is 1. The van der Waals surface area contributed by atoms with E-state index in [0.29, 0.717) is 17.1 Å². The van der Waals surface area contributed by atoms with E-state index < -0.39 is 5.97 Å². The molecule has 0 fully saturated rings. The van der Waals surface area contributed by atoms with E-state index in [1.54, 1.807) is 0 Å². The summed E-state index contributed by atoms with van der Waals surface area (Å²) < 4.78 is 13.4. The summed E-state index contributed by atoms with van der Waals surface area (Å²) in [5.41, 5.74) is 6.00. The van der Waals surface area contributed by atoms with Crippen LogP contribution in [0.5, 0.6) is 0 Å². The number of hydrogen-bond donors (Lipinski definition) is 2. The lowest BCUT2D eigenvalue weighted by Crippen LogP contribution is -2.34. The molecule has 3 N–H and O–H groups in total. The standard InChI is InChI=1S/C12H16FNO2S/c1-12(2,14)7-17-6-9-5-8(11(15)16)3-4-10(9)13/h3-5H,6-7,14H2,1-2H3,(H,15,16). The fraction of sp³-hybridized carbons (Fsp3) is 0.417. The Kier molecular flexibility index (Phi) is 4.54. The summed E-state index contributed by atoms with van der Waals surface area (Å²) in [4.78, 5) is 10.7. The number of carbonyl (C=O) groups is 1. The van der Waals surface area contributed by atoms with Gasteiger partial charge in [-0.1, -0.05) is 0 Å². The van der Waals surface area contributed by atoms with E-state index in [1.165, 1.54) is 30.0 Å². The molecule has 0 spiro atoms. The zero-order valence-corrected chi connectivity index (χ0v) is 10.7. The van der Waals surface area contributed by atoms with Gasteiger partial charge < -0.3 is 10.8 Å². The quantitative estimate of drug-likeness (QED) is 0.850. The van der Waals surface area contributed by atoms with Crippen molar-refractivity contribution in [3.05, 3.63) is 35.1 Å². The van der Waals surface area contributed by atoms with Crippen molar-refractivity contribution in [3.8, 4) is 0 Å². The van der Waals surface area contributed by atoms with Gasteiger partial charge in [-0.15, -0.1) is 0 Å². The van der Waals surface area contributed by atoms with Gasteiger partial charge in [0.15, 0.2) is 0 Å². The molecule has 1 aromatic carbocycles. The Hall–Kier alpha value is -1.07. The van der Waals surface area contributed by atoms with Gasteiger partial charge in [-0.25, -0.2) is 9.18 Å². The molecule has 0 atom stereocenters. The van der Waals surface area contributed by atoms with Crippen LogP contribution < -0.4 is 5.73 Å². The summed E-state index contributed by atoms with van der Waals surface area (Å²) >= 11 is 1.49. The van der Waals surface area contributed by atoms with Crippen LogP contribution in [-0.4, -0.2) is 22.4 Å². The van der Waals surface area contributed by atoms with Gasteiger partial charge in [0, 0.05) is 17.0 Å². The second-order valence-corrected chi connectivity index (χ2v) is 5.58. The zero-order chi connectivity index (χ0) is 13.1. The Morgan fingerprint density at radius 3 is 2.71 bits per heavy atom. The lowest BCUT2D eigenvalue weighted by Gasteiger charge is -2.17. The number of nitrogens with two attached hydrogens (primary N) is 1. The van der Waals surface area contributed by atoms with Crippen LogP contribution in [0.3, 0.4) is 0 Å². The second-order valence-electron chi connectivity index (χ2n) is 4.59. The largest absolute Gasteiger partial charge is 0.478 e. The number of carboxylic acids is 1. The Bertz CT molecular complexity index is 415. The van der Waals surface area contributed by atoms with Gasteiger partial charge in [-0.05, 0) is 37.6 Å². The molecule has 0 bridgehead atoms. The molecule has 0 unspecified atom stereocenters. The Morgan fingerprint density at radius 2 is 2.18 bits per heavy atom. The van der Waals surface area contributed by atoms with Gasteiger partial charge in [-0.2, -0.15) is 11.8 Å². The molecule has 0 aromatic heterocycles. The molecule has 0 amide bonds. The highest BCUT2D eigenvalue weighted by molar-refractivity contribution is 7.98. The van der Waals surface area contributed by atoms with E-state index in [9.17, 15) is 9.18 Å². The van der Waals surface area contributed by atoms with Crippen LogP contribution >= 0.6 is 11.8 Å². The topological polar surface area (TPSA) is 63.3 Å². The average molecular weight is 257 g/mol. The molecule has 0 heterocycles. The van der Waals surface area contributed by atoms with Gasteiger partial charge in [0.25, 0.3) is 0 Å². The van der Waals surface area contributed by atoms with E-state index in [1.807, 2.05) is 13.8 Å². The molecular formula is C12H16FNO2S. The molecule has 0 aliphatic rings. The van der Waals surface area contributed by atoms with Crippen LogP contribution in [0.15, 0.2) is 18.2 Å². The van der Waals surface area contributed by atoms with Crippen molar-refractivity contribution in [3.63, 3.8) is 0 Å². The number of thioether (sulfide) groups is 1. The highest BCUT2D eigenvalue weighted by atomic mass is 32.2. The molecule has 0 saturated carbocycles. The van der Waals surface area contributed by atoms with Crippen LogP contribution in [0, 0.1) is 5.82 Å². The maximum atomic E-state index is 13.4. The first-order valence-corrected chi connectivity index (χ1v) is 6.33. The minimum atomic E-state index is -1.05. The van der Waals surface area contributed by atoms with E-state index >= 15 is 0 Å².